The van der Waals surface area contributed by atoms with E-state index in [4.69, 9.17) is 9.47 Å². The number of carbonyl (C=O) groups is 1. The molecule has 1 N–H and O–H groups in total. The fourth-order valence-electron chi connectivity index (χ4n) is 1.33. The van der Waals surface area contributed by atoms with E-state index in [2.05, 4.69) is 5.32 Å². The summed E-state index contributed by atoms with van der Waals surface area (Å²) in [6, 6.07) is -0.0225. The van der Waals surface area contributed by atoms with Gasteiger partial charge in [-0.05, 0) is 13.8 Å². The van der Waals surface area contributed by atoms with Crippen molar-refractivity contribution in [3.63, 3.8) is 0 Å². The van der Waals surface area contributed by atoms with Crippen LogP contribution >= 0.6 is 0 Å². The molecular formula is C10H20N2O3. The van der Waals surface area contributed by atoms with E-state index in [0.717, 1.165) is 0 Å². The summed E-state index contributed by atoms with van der Waals surface area (Å²) in [5, 5.41) is 2.81. The Bertz CT molecular complexity index is 191. The van der Waals surface area contributed by atoms with Crippen LogP contribution in [-0.4, -0.2) is 56.5 Å². The lowest BCUT2D eigenvalue weighted by atomic mass is 10.4. The molecule has 1 rings (SSSR count). The zero-order valence-electron chi connectivity index (χ0n) is 9.49. The van der Waals surface area contributed by atoms with E-state index in [1.807, 2.05) is 13.8 Å². The Morgan fingerprint density at radius 2 is 2.13 bits per heavy atom. The summed E-state index contributed by atoms with van der Waals surface area (Å²) in [7, 11) is 0. The van der Waals surface area contributed by atoms with Crippen molar-refractivity contribution in [1.82, 2.24) is 10.2 Å². The van der Waals surface area contributed by atoms with Crippen molar-refractivity contribution in [3.05, 3.63) is 0 Å². The van der Waals surface area contributed by atoms with Crippen molar-refractivity contribution in [2.24, 2.45) is 0 Å². The third-order valence-corrected chi connectivity index (χ3v) is 2.13. The average Bonchev–Trinajstić information content (AvgIpc) is 2.25. The first-order valence-corrected chi connectivity index (χ1v) is 5.42. The molecule has 0 aromatic carbocycles. The van der Waals surface area contributed by atoms with Crippen LogP contribution in [0.4, 0.5) is 4.79 Å². The molecule has 0 radical (unpaired) electrons. The van der Waals surface area contributed by atoms with Crippen LogP contribution in [0.25, 0.3) is 0 Å². The molecule has 0 aliphatic carbocycles. The molecular weight excluding hydrogens is 196 g/mol. The summed E-state index contributed by atoms with van der Waals surface area (Å²) in [6.07, 6.45) is 0.213. The maximum absolute atomic E-state index is 11.5. The van der Waals surface area contributed by atoms with Crippen LogP contribution in [0.2, 0.25) is 0 Å². The lowest BCUT2D eigenvalue weighted by molar-refractivity contribution is 0.0508. The molecule has 5 nitrogen and oxygen atoms in total. The zero-order valence-corrected chi connectivity index (χ0v) is 9.49. The highest BCUT2D eigenvalue weighted by Crippen LogP contribution is 1.96. The average molecular weight is 216 g/mol. The Morgan fingerprint density at radius 3 is 2.73 bits per heavy atom. The van der Waals surface area contributed by atoms with Crippen LogP contribution in [0.5, 0.6) is 0 Å². The summed E-state index contributed by atoms with van der Waals surface area (Å²) in [5.41, 5.74) is 0. The Morgan fingerprint density at radius 1 is 1.47 bits per heavy atom. The smallest absolute Gasteiger partial charge is 0.317 e. The molecule has 2 amide bonds. The van der Waals surface area contributed by atoms with Crippen molar-refractivity contribution in [2.75, 3.05) is 39.5 Å². The molecule has 0 aromatic rings. The van der Waals surface area contributed by atoms with E-state index in [1.165, 1.54) is 0 Å². The molecule has 15 heavy (non-hydrogen) atoms. The van der Waals surface area contributed by atoms with Crippen LogP contribution in [0.1, 0.15) is 13.8 Å². The summed E-state index contributed by atoms with van der Waals surface area (Å²) >= 11 is 0. The van der Waals surface area contributed by atoms with E-state index < -0.39 is 0 Å². The summed E-state index contributed by atoms with van der Waals surface area (Å²) in [4.78, 5) is 13.3. The second-order valence-electron chi connectivity index (χ2n) is 3.75. The SMILES string of the molecule is CC(C)OCCNC(=O)N1CCOCC1. The number of amides is 2. The van der Waals surface area contributed by atoms with E-state index in [-0.39, 0.29) is 12.1 Å². The largest absolute Gasteiger partial charge is 0.378 e. The molecule has 0 aromatic heterocycles. The number of nitrogens with one attached hydrogen (secondary N) is 1. The van der Waals surface area contributed by atoms with Gasteiger partial charge in [-0.15, -0.1) is 0 Å². The van der Waals surface area contributed by atoms with Gasteiger partial charge in [0.05, 0.1) is 25.9 Å². The highest BCUT2D eigenvalue weighted by Gasteiger charge is 2.15. The predicted molar refractivity (Wildman–Crippen MR) is 56.9 cm³/mol. The van der Waals surface area contributed by atoms with Crippen LogP contribution in [0.3, 0.4) is 0 Å². The molecule has 1 fully saturated rings. The molecule has 1 aliphatic heterocycles. The predicted octanol–water partition coefficient (Wildman–Crippen LogP) is 0.453. The molecule has 5 heteroatoms. The van der Waals surface area contributed by atoms with Gasteiger partial charge in [0.25, 0.3) is 0 Å². The van der Waals surface area contributed by atoms with Crippen LogP contribution in [-0.2, 0) is 9.47 Å². The van der Waals surface area contributed by atoms with Crippen molar-refractivity contribution in [1.29, 1.82) is 0 Å². The Kier molecular flexibility index (Phi) is 5.42. The van der Waals surface area contributed by atoms with E-state index in [1.54, 1.807) is 4.90 Å². The molecule has 0 bridgehead atoms. The standard InChI is InChI=1S/C10H20N2O3/c1-9(2)15-6-3-11-10(13)12-4-7-14-8-5-12/h9H,3-8H2,1-2H3,(H,11,13). The molecule has 0 saturated carbocycles. The third kappa shape index (κ3) is 4.99. The molecule has 88 valence electrons. The van der Waals surface area contributed by atoms with Gasteiger partial charge in [0.2, 0.25) is 0 Å². The second kappa shape index (κ2) is 6.63. The number of morpholine rings is 1. The number of urea groups is 1. The minimum atomic E-state index is -0.0225. The van der Waals surface area contributed by atoms with Gasteiger partial charge in [-0.25, -0.2) is 4.79 Å². The quantitative estimate of drug-likeness (QED) is 0.694. The lowest BCUT2D eigenvalue weighted by Crippen LogP contribution is -2.46. The summed E-state index contributed by atoms with van der Waals surface area (Å²) in [6.45, 7) is 7.70. The van der Waals surface area contributed by atoms with Crippen LogP contribution < -0.4 is 5.32 Å². The van der Waals surface area contributed by atoms with Gasteiger partial charge in [-0.2, -0.15) is 0 Å². The number of hydrogen-bond donors (Lipinski definition) is 1. The first-order valence-electron chi connectivity index (χ1n) is 5.42. The van der Waals surface area contributed by atoms with Crippen LogP contribution in [0, 0.1) is 0 Å². The minimum Gasteiger partial charge on any atom is -0.378 e. The maximum atomic E-state index is 11.5. The van der Waals surface area contributed by atoms with Crippen LogP contribution in [0.15, 0.2) is 0 Å². The number of ether oxygens (including phenoxy) is 2. The minimum absolute atomic E-state index is 0.0225. The number of rotatable bonds is 4. The third-order valence-electron chi connectivity index (χ3n) is 2.13. The maximum Gasteiger partial charge on any atom is 0.317 e. The normalized spacial score (nSPS) is 16.9. The van der Waals surface area contributed by atoms with Crippen molar-refractivity contribution >= 4 is 6.03 Å². The molecule has 0 spiro atoms. The van der Waals surface area contributed by atoms with Gasteiger partial charge in [0.15, 0.2) is 0 Å². The number of nitrogens with zero attached hydrogens (tertiary/aromatic N) is 1. The van der Waals surface area contributed by atoms with E-state index >= 15 is 0 Å². The Balaban J connectivity index is 2.07. The van der Waals surface area contributed by atoms with Gasteiger partial charge in [-0.3, -0.25) is 0 Å². The second-order valence-corrected chi connectivity index (χ2v) is 3.75. The Hall–Kier alpha value is -0.810. The Labute approximate surface area is 90.7 Å². The van der Waals surface area contributed by atoms with Gasteiger partial charge >= 0.3 is 6.03 Å². The zero-order chi connectivity index (χ0) is 11.1. The van der Waals surface area contributed by atoms with Crippen molar-refractivity contribution in [3.8, 4) is 0 Å². The molecule has 1 aliphatic rings. The molecule has 0 unspecified atom stereocenters. The molecule has 1 saturated heterocycles. The lowest BCUT2D eigenvalue weighted by Gasteiger charge is -2.26. The van der Waals surface area contributed by atoms with E-state index in [0.29, 0.717) is 39.5 Å². The van der Waals surface area contributed by atoms with Crippen molar-refractivity contribution in [2.45, 2.75) is 20.0 Å². The highest BCUT2D eigenvalue weighted by molar-refractivity contribution is 5.74. The molecule has 0 atom stereocenters. The fourth-order valence-corrected chi connectivity index (χ4v) is 1.33. The first kappa shape index (κ1) is 12.3. The highest BCUT2D eigenvalue weighted by atomic mass is 16.5. The summed E-state index contributed by atoms with van der Waals surface area (Å²) < 4.78 is 10.5. The first-order chi connectivity index (χ1) is 7.20. The fraction of sp³-hybridized carbons (Fsp3) is 0.900. The van der Waals surface area contributed by atoms with Gasteiger partial charge < -0.3 is 19.7 Å². The van der Waals surface area contributed by atoms with E-state index in [9.17, 15) is 4.79 Å². The van der Waals surface area contributed by atoms with Crippen molar-refractivity contribution < 1.29 is 14.3 Å². The summed E-state index contributed by atoms with van der Waals surface area (Å²) in [5.74, 6) is 0. The number of hydrogen-bond acceptors (Lipinski definition) is 3. The van der Waals surface area contributed by atoms with Gasteiger partial charge in [0.1, 0.15) is 0 Å². The van der Waals surface area contributed by atoms with Gasteiger partial charge in [0, 0.05) is 19.6 Å². The topological polar surface area (TPSA) is 50.8 Å². The number of carbonyl (C=O) groups excluding carboxylic acids is 1. The van der Waals surface area contributed by atoms with Gasteiger partial charge in [-0.1, -0.05) is 0 Å². The monoisotopic (exact) mass is 216 g/mol. The molecule has 1 heterocycles.